The van der Waals surface area contributed by atoms with Crippen LogP contribution in [0.1, 0.15) is 25.0 Å². The maximum absolute atomic E-state index is 11.6. The van der Waals surface area contributed by atoms with Crippen LogP contribution in [0.2, 0.25) is 0 Å². The van der Waals surface area contributed by atoms with Gasteiger partial charge in [-0.3, -0.25) is 9.59 Å². The third-order valence-electron chi connectivity index (χ3n) is 2.73. The molecule has 0 radical (unpaired) electrons. The van der Waals surface area contributed by atoms with E-state index in [0.29, 0.717) is 5.56 Å². The Morgan fingerprint density at radius 1 is 1.24 bits per heavy atom. The first-order chi connectivity index (χ1) is 7.87. The fraction of sp³-hybridized carbons (Fsp3) is 0.385. The van der Waals surface area contributed by atoms with Gasteiger partial charge in [0.25, 0.3) is 0 Å². The maximum atomic E-state index is 11.6. The zero-order valence-electron chi connectivity index (χ0n) is 10.2. The van der Waals surface area contributed by atoms with E-state index < -0.39 is 11.4 Å². The van der Waals surface area contributed by atoms with Crippen LogP contribution in [-0.4, -0.2) is 24.2 Å². The summed E-state index contributed by atoms with van der Waals surface area (Å²) in [6.07, 6.45) is -0.0149. The van der Waals surface area contributed by atoms with Crippen LogP contribution in [0.3, 0.4) is 0 Å². The van der Waals surface area contributed by atoms with E-state index >= 15 is 0 Å². The zero-order valence-corrected chi connectivity index (χ0v) is 10.2. The summed E-state index contributed by atoms with van der Waals surface area (Å²) in [7, 11) is 1.35. The number of aliphatic carboxylic acids is 1. The summed E-state index contributed by atoms with van der Waals surface area (Å²) < 4.78 is 4.73. The largest absolute Gasteiger partial charge is 0.481 e. The molecule has 0 saturated carbocycles. The molecule has 1 aromatic carbocycles. The number of hydrogen-bond acceptors (Lipinski definition) is 3. The van der Waals surface area contributed by atoms with Crippen molar-refractivity contribution in [3.05, 3.63) is 35.4 Å². The Morgan fingerprint density at radius 3 is 2.18 bits per heavy atom. The van der Waals surface area contributed by atoms with Gasteiger partial charge in [0.2, 0.25) is 0 Å². The minimum absolute atomic E-state index is 0.0149. The second kappa shape index (κ2) is 4.99. The van der Waals surface area contributed by atoms with E-state index in [-0.39, 0.29) is 12.4 Å². The van der Waals surface area contributed by atoms with Crippen LogP contribution in [0.5, 0.6) is 0 Å². The van der Waals surface area contributed by atoms with Gasteiger partial charge in [0, 0.05) is 0 Å². The van der Waals surface area contributed by atoms with E-state index in [9.17, 15) is 9.59 Å². The Kier molecular flexibility index (Phi) is 3.89. The average Bonchev–Trinajstić information content (AvgIpc) is 2.27. The van der Waals surface area contributed by atoms with Gasteiger partial charge in [0.05, 0.1) is 18.9 Å². The number of ether oxygens (including phenoxy) is 1. The number of methoxy groups -OCH3 is 1. The van der Waals surface area contributed by atoms with E-state index in [1.165, 1.54) is 7.11 Å². The monoisotopic (exact) mass is 236 g/mol. The van der Waals surface area contributed by atoms with E-state index in [1.54, 1.807) is 38.1 Å². The lowest BCUT2D eigenvalue weighted by atomic mass is 9.84. The van der Waals surface area contributed by atoms with Crippen molar-refractivity contribution < 1.29 is 19.4 Å². The van der Waals surface area contributed by atoms with Crippen LogP contribution in [0.15, 0.2) is 24.3 Å². The molecule has 0 spiro atoms. The summed E-state index contributed by atoms with van der Waals surface area (Å²) in [5.74, 6) is -1.19. The van der Waals surface area contributed by atoms with Crippen molar-refractivity contribution in [1.82, 2.24) is 0 Å². The van der Waals surface area contributed by atoms with Crippen LogP contribution in [0.25, 0.3) is 0 Å². The molecule has 4 nitrogen and oxygen atoms in total. The van der Waals surface area contributed by atoms with E-state index in [1.807, 2.05) is 0 Å². The van der Waals surface area contributed by atoms with Crippen LogP contribution < -0.4 is 0 Å². The predicted octanol–water partition coefficient (Wildman–Crippen LogP) is 1.76. The van der Waals surface area contributed by atoms with Crippen molar-refractivity contribution in [2.45, 2.75) is 25.7 Å². The second-order valence-electron chi connectivity index (χ2n) is 4.38. The zero-order chi connectivity index (χ0) is 13.1. The molecule has 0 saturated heterocycles. The summed E-state index contributed by atoms with van der Waals surface area (Å²) >= 11 is 0. The quantitative estimate of drug-likeness (QED) is 0.809. The third-order valence-corrected chi connectivity index (χ3v) is 2.73. The second-order valence-corrected chi connectivity index (χ2v) is 4.38. The highest BCUT2D eigenvalue weighted by atomic mass is 16.5. The minimum atomic E-state index is -0.870. The van der Waals surface area contributed by atoms with Crippen molar-refractivity contribution in [3.63, 3.8) is 0 Å². The van der Waals surface area contributed by atoms with E-state index in [0.717, 1.165) is 5.56 Å². The lowest BCUT2D eigenvalue weighted by Crippen LogP contribution is -2.30. The lowest BCUT2D eigenvalue weighted by molar-refractivity contribution is -0.146. The topological polar surface area (TPSA) is 63.6 Å². The number of hydrogen-bond donors (Lipinski definition) is 1. The van der Waals surface area contributed by atoms with Gasteiger partial charge >= 0.3 is 11.9 Å². The highest BCUT2D eigenvalue weighted by molar-refractivity contribution is 5.82. The van der Waals surface area contributed by atoms with E-state index in [2.05, 4.69) is 0 Å². The van der Waals surface area contributed by atoms with Gasteiger partial charge in [-0.2, -0.15) is 0 Å². The van der Waals surface area contributed by atoms with Crippen molar-refractivity contribution in [2.75, 3.05) is 7.11 Å². The molecule has 0 heterocycles. The summed E-state index contributed by atoms with van der Waals surface area (Å²) in [6.45, 7) is 3.54. The van der Waals surface area contributed by atoms with Crippen LogP contribution in [0.4, 0.5) is 0 Å². The van der Waals surface area contributed by atoms with Crippen LogP contribution in [-0.2, 0) is 26.2 Å². The smallest absolute Gasteiger partial charge is 0.315 e. The standard InChI is InChI=1S/C13H16O4/c1-13(2,12(16)17-3)10-6-4-9(5-7-10)8-11(14)15/h4-7H,8H2,1-3H3,(H,14,15). The fourth-order valence-electron chi connectivity index (χ4n) is 1.59. The molecular formula is C13H16O4. The molecule has 4 heteroatoms. The maximum Gasteiger partial charge on any atom is 0.315 e. The minimum Gasteiger partial charge on any atom is -0.481 e. The van der Waals surface area contributed by atoms with Crippen LogP contribution >= 0.6 is 0 Å². The Hall–Kier alpha value is -1.84. The van der Waals surface area contributed by atoms with Gasteiger partial charge < -0.3 is 9.84 Å². The van der Waals surface area contributed by atoms with Crippen LogP contribution in [0, 0.1) is 0 Å². The third kappa shape index (κ3) is 3.06. The van der Waals surface area contributed by atoms with Crippen molar-refractivity contribution in [1.29, 1.82) is 0 Å². The van der Waals surface area contributed by atoms with Gasteiger partial charge in [-0.25, -0.2) is 0 Å². The Labute approximate surface area is 100 Å². The first-order valence-corrected chi connectivity index (χ1v) is 5.27. The normalized spacial score (nSPS) is 11.0. The average molecular weight is 236 g/mol. The lowest BCUT2D eigenvalue weighted by Gasteiger charge is -2.22. The molecule has 0 atom stereocenters. The molecule has 0 aliphatic rings. The highest BCUT2D eigenvalue weighted by Crippen LogP contribution is 2.24. The van der Waals surface area contributed by atoms with Crippen molar-refractivity contribution >= 4 is 11.9 Å². The molecule has 0 unspecified atom stereocenters. The summed E-state index contributed by atoms with van der Waals surface area (Å²) in [5, 5.41) is 8.65. The molecule has 1 N–H and O–H groups in total. The number of esters is 1. The molecule has 0 aliphatic carbocycles. The molecule has 0 fully saturated rings. The molecule has 0 bridgehead atoms. The van der Waals surface area contributed by atoms with Gasteiger partial charge in [-0.1, -0.05) is 24.3 Å². The Bertz CT molecular complexity index is 418. The molecule has 1 aromatic rings. The molecule has 0 amide bonds. The number of carbonyl (C=O) groups excluding carboxylic acids is 1. The number of benzene rings is 1. The molecule has 92 valence electrons. The molecule has 0 aliphatic heterocycles. The highest BCUT2D eigenvalue weighted by Gasteiger charge is 2.30. The van der Waals surface area contributed by atoms with E-state index in [4.69, 9.17) is 9.84 Å². The first-order valence-electron chi connectivity index (χ1n) is 5.27. The number of carboxylic acids is 1. The summed E-state index contributed by atoms with van der Waals surface area (Å²) in [5.41, 5.74) is 0.789. The van der Waals surface area contributed by atoms with Gasteiger partial charge in [0.1, 0.15) is 0 Å². The number of carbonyl (C=O) groups is 2. The first kappa shape index (κ1) is 13.2. The van der Waals surface area contributed by atoms with Gasteiger partial charge in [0.15, 0.2) is 0 Å². The SMILES string of the molecule is COC(=O)C(C)(C)c1ccc(CC(=O)O)cc1. The predicted molar refractivity (Wildman–Crippen MR) is 62.8 cm³/mol. The molecular weight excluding hydrogens is 220 g/mol. The van der Waals surface area contributed by atoms with Crippen molar-refractivity contribution in [3.8, 4) is 0 Å². The van der Waals surface area contributed by atoms with Gasteiger partial charge in [-0.05, 0) is 25.0 Å². The molecule has 17 heavy (non-hydrogen) atoms. The Morgan fingerprint density at radius 2 is 1.76 bits per heavy atom. The molecule has 1 rings (SSSR count). The van der Waals surface area contributed by atoms with Gasteiger partial charge in [-0.15, -0.1) is 0 Å². The van der Waals surface area contributed by atoms with Crippen molar-refractivity contribution in [2.24, 2.45) is 0 Å². The summed E-state index contributed by atoms with van der Waals surface area (Å²) in [6, 6.07) is 6.95. The summed E-state index contributed by atoms with van der Waals surface area (Å²) in [4.78, 5) is 22.1. The molecule has 0 aromatic heterocycles. The fourth-order valence-corrected chi connectivity index (χ4v) is 1.59. The number of rotatable bonds is 4. The Balaban J connectivity index is 2.94. The number of carboxylic acid groups (broad SMARTS) is 1.